The van der Waals surface area contributed by atoms with Gasteiger partial charge in [0, 0.05) is 49.4 Å². The number of carbonyl (C=O) groups is 1. The van der Waals surface area contributed by atoms with Crippen molar-refractivity contribution in [2.24, 2.45) is 0 Å². The number of carbonyl (C=O) groups excluding carboxylic acids is 1. The van der Waals surface area contributed by atoms with Gasteiger partial charge in [-0.25, -0.2) is 0 Å². The Balaban J connectivity index is 1.50. The topological polar surface area (TPSA) is 46.1 Å². The number of pyridine rings is 2. The molecule has 0 N–H and O–H groups in total. The average Bonchev–Trinajstić information content (AvgIpc) is 3.43. The van der Waals surface area contributed by atoms with Crippen molar-refractivity contribution in [3.05, 3.63) is 120 Å². The van der Waals surface area contributed by atoms with Gasteiger partial charge in [-0.2, -0.15) is 0 Å². The van der Waals surface area contributed by atoms with Crippen LogP contribution in [0.5, 0.6) is 0 Å². The molecular weight excluding hydrogens is 406 g/mol. The van der Waals surface area contributed by atoms with E-state index in [0.717, 1.165) is 49.0 Å². The summed E-state index contributed by atoms with van der Waals surface area (Å²) in [5.41, 5.74) is 6.57. The molecule has 4 nitrogen and oxygen atoms in total. The van der Waals surface area contributed by atoms with Gasteiger partial charge in [-0.3, -0.25) is 14.8 Å². The molecule has 1 aliphatic rings. The maximum atomic E-state index is 13.0. The average molecular weight is 434 g/mol. The number of hydrogen-bond acceptors (Lipinski definition) is 3. The fraction of sp³-hybridized carbons (Fsp3) is 0.207. The molecule has 3 heterocycles. The van der Waals surface area contributed by atoms with E-state index in [4.69, 9.17) is 0 Å². The highest BCUT2D eigenvalue weighted by Gasteiger charge is 2.21. The fourth-order valence-electron chi connectivity index (χ4n) is 4.71. The standard InChI is InChI=1S/C29H27N3O/c33-29(32-16-3-4-17-32)24-10-5-9-22(18-24)27-13-2-1-8-23(27)19-28(25-11-6-14-30-20-25)26-12-7-15-31-21-26/h1-2,5-15,18,20-21,28H,3-4,16-17,19H2. The molecule has 0 bridgehead atoms. The van der Waals surface area contributed by atoms with Crippen molar-refractivity contribution in [1.29, 1.82) is 0 Å². The summed E-state index contributed by atoms with van der Waals surface area (Å²) in [5, 5.41) is 0. The van der Waals surface area contributed by atoms with Crippen molar-refractivity contribution >= 4 is 5.91 Å². The van der Waals surface area contributed by atoms with Gasteiger partial charge in [0.05, 0.1) is 0 Å². The highest BCUT2D eigenvalue weighted by Crippen LogP contribution is 2.33. The van der Waals surface area contributed by atoms with Crippen LogP contribution in [0.4, 0.5) is 0 Å². The van der Waals surface area contributed by atoms with Crippen LogP contribution in [-0.4, -0.2) is 33.9 Å². The first kappa shape index (κ1) is 21.1. The largest absolute Gasteiger partial charge is 0.339 e. The molecule has 2 aromatic heterocycles. The van der Waals surface area contributed by atoms with Gasteiger partial charge in [0.2, 0.25) is 0 Å². The summed E-state index contributed by atoms with van der Waals surface area (Å²) in [4.78, 5) is 23.7. The van der Waals surface area contributed by atoms with Crippen molar-refractivity contribution in [1.82, 2.24) is 14.9 Å². The lowest BCUT2D eigenvalue weighted by molar-refractivity contribution is 0.0793. The molecule has 0 saturated carbocycles. The van der Waals surface area contributed by atoms with Gasteiger partial charge >= 0.3 is 0 Å². The van der Waals surface area contributed by atoms with Gasteiger partial charge in [0.25, 0.3) is 5.91 Å². The lowest BCUT2D eigenvalue weighted by atomic mass is 9.85. The number of aromatic nitrogens is 2. The van der Waals surface area contributed by atoms with Crippen molar-refractivity contribution in [3.8, 4) is 11.1 Å². The highest BCUT2D eigenvalue weighted by molar-refractivity contribution is 5.95. The lowest BCUT2D eigenvalue weighted by Gasteiger charge is -2.20. The molecule has 33 heavy (non-hydrogen) atoms. The number of nitrogens with zero attached hydrogens (tertiary/aromatic N) is 3. The predicted octanol–water partition coefficient (Wildman–Crippen LogP) is 5.75. The van der Waals surface area contributed by atoms with Gasteiger partial charge in [-0.15, -0.1) is 0 Å². The van der Waals surface area contributed by atoms with Crippen LogP contribution in [0.1, 0.15) is 45.8 Å². The van der Waals surface area contributed by atoms with Crippen LogP contribution < -0.4 is 0 Å². The zero-order valence-corrected chi connectivity index (χ0v) is 18.6. The lowest BCUT2D eigenvalue weighted by Crippen LogP contribution is -2.27. The first-order valence-electron chi connectivity index (χ1n) is 11.6. The highest BCUT2D eigenvalue weighted by atomic mass is 16.2. The molecule has 0 radical (unpaired) electrons. The summed E-state index contributed by atoms with van der Waals surface area (Å²) in [6.07, 6.45) is 10.5. The molecule has 0 atom stereocenters. The Morgan fingerprint density at radius 1 is 0.818 bits per heavy atom. The quantitative estimate of drug-likeness (QED) is 0.389. The van der Waals surface area contributed by atoms with Crippen molar-refractivity contribution in [2.75, 3.05) is 13.1 Å². The first-order valence-corrected chi connectivity index (χ1v) is 11.6. The number of likely N-dealkylation sites (tertiary alicyclic amines) is 1. The van der Waals surface area contributed by atoms with E-state index in [1.165, 1.54) is 16.7 Å². The summed E-state index contributed by atoms with van der Waals surface area (Å²) in [6, 6.07) is 24.8. The molecule has 0 unspecified atom stereocenters. The summed E-state index contributed by atoms with van der Waals surface area (Å²) in [7, 11) is 0. The first-order chi connectivity index (χ1) is 16.3. The zero-order chi connectivity index (χ0) is 22.5. The third kappa shape index (κ3) is 4.70. The Hall–Kier alpha value is -3.79. The second-order valence-corrected chi connectivity index (χ2v) is 8.57. The maximum Gasteiger partial charge on any atom is 0.253 e. The molecule has 4 heteroatoms. The Labute approximate surface area is 195 Å². The predicted molar refractivity (Wildman–Crippen MR) is 131 cm³/mol. The van der Waals surface area contributed by atoms with E-state index in [2.05, 4.69) is 52.4 Å². The molecule has 2 aromatic carbocycles. The monoisotopic (exact) mass is 433 g/mol. The molecular formula is C29H27N3O. The normalized spacial score (nSPS) is 13.4. The number of hydrogen-bond donors (Lipinski definition) is 0. The third-order valence-electron chi connectivity index (χ3n) is 6.43. The van der Waals surface area contributed by atoms with E-state index in [-0.39, 0.29) is 11.8 Å². The van der Waals surface area contributed by atoms with E-state index >= 15 is 0 Å². The van der Waals surface area contributed by atoms with Gasteiger partial charge in [0.1, 0.15) is 0 Å². The molecule has 1 aliphatic heterocycles. The van der Waals surface area contributed by atoms with Gasteiger partial charge in [-0.05, 0) is 71.3 Å². The molecule has 4 aromatic rings. The Kier molecular flexibility index (Phi) is 6.25. The van der Waals surface area contributed by atoms with Crippen molar-refractivity contribution in [3.63, 3.8) is 0 Å². The van der Waals surface area contributed by atoms with E-state index in [0.29, 0.717) is 0 Å². The Bertz CT molecular complexity index is 1180. The van der Waals surface area contributed by atoms with Crippen LogP contribution in [0, 0.1) is 0 Å². The van der Waals surface area contributed by atoms with Crippen LogP contribution in [0.15, 0.2) is 97.6 Å². The molecule has 5 rings (SSSR count). The van der Waals surface area contributed by atoms with Gasteiger partial charge in [-0.1, -0.05) is 48.5 Å². The maximum absolute atomic E-state index is 13.0. The molecule has 1 amide bonds. The summed E-state index contributed by atoms with van der Waals surface area (Å²) in [6.45, 7) is 1.72. The van der Waals surface area contributed by atoms with Crippen molar-refractivity contribution in [2.45, 2.75) is 25.2 Å². The fourth-order valence-corrected chi connectivity index (χ4v) is 4.71. The van der Waals surface area contributed by atoms with E-state index < -0.39 is 0 Å². The SMILES string of the molecule is O=C(c1cccc(-c2ccccc2CC(c2cccnc2)c2cccnc2)c1)N1CCCC1. The Morgan fingerprint density at radius 3 is 2.18 bits per heavy atom. The van der Waals surface area contributed by atoms with Gasteiger partial charge in [0.15, 0.2) is 0 Å². The second-order valence-electron chi connectivity index (χ2n) is 8.57. The number of rotatable bonds is 6. The van der Waals surface area contributed by atoms with Gasteiger partial charge < -0.3 is 4.90 Å². The number of amides is 1. The molecule has 0 aliphatic carbocycles. The number of benzene rings is 2. The summed E-state index contributed by atoms with van der Waals surface area (Å²) >= 11 is 0. The summed E-state index contributed by atoms with van der Waals surface area (Å²) < 4.78 is 0. The third-order valence-corrected chi connectivity index (χ3v) is 6.43. The summed E-state index contributed by atoms with van der Waals surface area (Å²) in [5.74, 6) is 0.276. The molecule has 1 fully saturated rings. The van der Waals surface area contributed by atoms with Crippen LogP contribution in [-0.2, 0) is 6.42 Å². The Morgan fingerprint density at radius 2 is 1.52 bits per heavy atom. The van der Waals surface area contributed by atoms with E-state index in [1.807, 2.05) is 47.6 Å². The van der Waals surface area contributed by atoms with Crippen LogP contribution >= 0.6 is 0 Å². The zero-order valence-electron chi connectivity index (χ0n) is 18.6. The van der Waals surface area contributed by atoms with Crippen LogP contribution in [0.3, 0.4) is 0 Å². The minimum atomic E-state index is 0.135. The molecule has 1 saturated heterocycles. The van der Waals surface area contributed by atoms with E-state index in [1.54, 1.807) is 12.4 Å². The van der Waals surface area contributed by atoms with Crippen LogP contribution in [0.25, 0.3) is 11.1 Å². The van der Waals surface area contributed by atoms with Crippen LogP contribution in [0.2, 0.25) is 0 Å². The molecule has 164 valence electrons. The molecule has 0 spiro atoms. The van der Waals surface area contributed by atoms with Crippen molar-refractivity contribution < 1.29 is 4.79 Å². The minimum Gasteiger partial charge on any atom is -0.339 e. The minimum absolute atomic E-state index is 0.135. The smallest absolute Gasteiger partial charge is 0.253 e. The van der Waals surface area contributed by atoms with E-state index in [9.17, 15) is 4.79 Å². The second kappa shape index (κ2) is 9.78.